The van der Waals surface area contributed by atoms with Gasteiger partial charge in [0, 0.05) is 11.9 Å². The van der Waals surface area contributed by atoms with Crippen LogP contribution in [0.2, 0.25) is 0 Å². The van der Waals surface area contributed by atoms with Crippen molar-refractivity contribution in [1.82, 2.24) is 20.1 Å². The topological polar surface area (TPSA) is 42.7 Å². The summed E-state index contributed by atoms with van der Waals surface area (Å²) in [7, 11) is 0. The van der Waals surface area contributed by atoms with E-state index < -0.39 is 0 Å². The fraction of sp³-hybridized carbons (Fsp3) is 0.857. The summed E-state index contributed by atoms with van der Waals surface area (Å²) in [6, 6.07) is 0.365. The van der Waals surface area contributed by atoms with E-state index in [0.717, 1.165) is 30.7 Å². The maximum atomic E-state index is 6.07. The van der Waals surface area contributed by atoms with Gasteiger partial charge in [0.1, 0.15) is 12.2 Å². The molecule has 5 heteroatoms. The Hall–Kier alpha value is -0.610. The predicted octanol–water partition coefficient (Wildman–Crippen LogP) is 2.99. The second-order valence-corrected chi connectivity index (χ2v) is 6.11. The fourth-order valence-electron chi connectivity index (χ4n) is 2.96. The summed E-state index contributed by atoms with van der Waals surface area (Å²) < 4.78 is 1.98. The Kier molecular flexibility index (Phi) is 5.64. The molecule has 4 nitrogen and oxygen atoms in total. The highest BCUT2D eigenvalue weighted by Crippen LogP contribution is 2.30. The monoisotopic (exact) mass is 284 g/mol. The Morgan fingerprint density at radius 2 is 2.11 bits per heavy atom. The molecule has 1 aromatic rings. The van der Waals surface area contributed by atoms with E-state index in [1.807, 2.05) is 4.68 Å². The third kappa shape index (κ3) is 3.93. The first-order chi connectivity index (χ1) is 9.22. The first-order valence-corrected chi connectivity index (χ1v) is 7.91. The number of rotatable bonds is 6. The molecule has 0 spiro atoms. The van der Waals surface area contributed by atoms with E-state index in [1.165, 1.54) is 25.7 Å². The molecule has 0 radical (unpaired) electrons. The van der Waals surface area contributed by atoms with Crippen molar-refractivity contribution in [2.24, 2.45) is 11.8 Å². The predicted molar refractivity (Wildman–Crippen MR) is 78.3 cm³/mol. The molecule has 1 saturated carbocycles. The number of alkyl halides is 1. The number of aromatic nitrogens is 3. The van der Waals surface area contributed by atoms with Crippen molar-refractivity contribution in [1.29, 1.82) is 0 Å². The molecule has 0 aromatic carbocycles. The third-order valence-corrected chi connectivity index (χ3v) is 4.49. The standard InChI is InChI=1S/C14H25ClN4/c1-11(2)19-14(17-10-18-19)9-16-8-13-6-4-3-5-12(13)7-15/h10-13,16H,3-9H2,1-2H3. The van der Waals surface area contributed by atoms with Gasteiger partial charge in [-0.1, -0.05) is 12.8 Å². The van der Waals surface area contributed by atoms with Crippen LogP contribution in [0.4, 0.5) is 0 Å². The van der Waals surface area contributed by atoms with Crippen LogP contribution in [0.25, 0.3) is 0 Å². The zero-order valence-electron chi connectivity index (χ0n) is 12.0. The Morgan fingerprint density at radius 3 is 2.79 bits per heavy atom. The van der Waals surface area contributed by atoms with Crippen LogP contribution in [0.1, 0.15) is 51.4 Å². The van der Waals surface area contributed by atoms with Crippen LogP contribution in [0.5, 0.6) is 0 Å². The molecule has 1 N–H and O–H groups in total. The summed E-state index contributed by atoms with van der Waals surface area (Å²) in [6.45, 7) is 6.09. The van der Waals surface area contributed by atoms with Gasteiger partial charge in [0.05, 0.1) is 6.54 Å². The van der Waals surface area contributed by atoms with Crippen LogP contribution in [0.3, 0.4) is 0 Å². The van der Waals surface area contributed by atoms with E-state index in [2.05, 4.69) is 29.2 Å². The Labute approximate surface area is 120 Å². The summed E-state index contributed by atoms with van der Waals surface area (Å²) in [5.41, 5.74) is 0. The molecular formula is C14H25ClN4. The van der Waals surface area contributed by atoms with Gasteiger partial charge in [-0.25, -0.2) is 9.67 Å². The Balaban J connectivity index is 1.80. The lowest BCUT2D eigenvalue weighted by Crippen LogP contribution is -2.32. The Morgan fingerprint density at radius 1 is 1.37 bits per heavy atom. The van der Waals surface area contributed by atoms with Gasteiger partial charge in [0.25, 0.3) is 0 Å². The van der Waals surface area contributed by atoms with Gasteiger partial charge in [-0.15, -0.1) is 11.6 Å². The number of hydrogen-bond acceptors (Lipinski definition) is 3. The zero-order chi connectivity index (χ0) is 13.7. The zero-order valence-corrected chi connectivity index (χ0v) is 12.7. The average molecular weight is 285 g/mol. The normalized spacial score (nSPS) is 24.0. The minimum atomic E-state index is 0.365. The molecule has 2 rings (SSSR count). The van der Waals surface area contributed by atoms with Crippen molar-refractivity contribution in [2.45, 2.75) is 52.1 Å². The summed E-state index contributed by atoms with van der Waals surface area (Å²) in [5.74, 6) is 3.23. The van der Waals surface area contributed by atoms with Crippen LogP contribution in [-0.4, -0.2) is 27.2 Å². The van der Waals surface area contributed by atoms with E-state index in [9.17, 15) is 0 Å². The maximum Gasteiger partial charge on any atom is 0.141 e. The average Bonchev–Trinajstić information content (AvgIpc) is 2.88. The van der Waals surface area contributed by atoms with Gasteiger partial charge in [-0.2, -0.15) is 5.10 Å². The summed E-state index contributed by atoms with van der Waals surface area (Å²) in [5, 5.41) is 7.79. The largest absolute Gasteiger partial charge is 0.310 e. The van der Waals surface area contributed by atoms with Crippen molar-refractivity contribution in [3.63, 3.8) is 0 Å². The second-order valence-electron chi connectivity index (χ2n) is 5.80. The molecule has 1 aliphatic carbocycles. The first-order valence-electron chi connectivity index (χ1n) is 7.37. The first kappa shape index (κ1) is 14.8. The van der Waals surface area contributed by atoms with Gasteiger partial charge < -0.3 is 5.32 Å². The molecule has 0 saturated heterocycles. The number of hydrogen-bond donors (Lipinski definition) is 1. The van der Waals surface area contributed by atoms with Crippen molar-refractivity contribution >= 4 is 11.6 Å². The van der Waals surface area contributed by atoms with E-state index in [0.29, 0.717) is 12.0 Å². The molecule has 0 aliphatic heterocycles. The van der Waals surface area contributed by atoms with E-state index in [-0.39, 0.29) is 0 Å². The van der Waals surface area contributed by atoms with Crippen LogP contribution in [0.15, 0.2) is 6.33 Å². The third-order valence-electron chi connectivity index (χ3n) is 4.09. The van der Waals surface area contributed by atoms with Crippen LogP contribution < -0.4 is 5.32 Å². The molecule has 108 valence electrons. The minimum Gasteiger partial charge on any atom is -0.310 e. The molecule has 2 atom stereocenters. The summed E-state index contributed by atoms with van der Waals surface area (Å²) in [4.78, 5) is 4.32. The van der Waals surface area contributed by atoms with Gasteiger partial charge in [0.15, 0.2) is 0 Å². The minimum absolute atomic E-state index is 0.365. The van der Waals surface area contributed by atoms with Crippen molar-refractivity contribution in [2.75, 3.05) is 12.4 Å². The summed E-state index contributed by atoms with van der Waals surface area (Å²) >= 11 is 6.07. The molecule has 1 aliphatic rings. The molecule has 1 fully saturated rings. The molecule has 19 heavy (non-hydrogen) atoms. The highest BCUT2D eigenvalue weighted by atomic mass is 35.5. The smallest absolute Gasteiger partial charge is 0.141 e. The molecule has 0 bridgehead atoms. The fourth-order valence-corrected chi connectivity index (χ4v) is 3.36. The summed E-state index contributed by atoms with van der Waals surface area (Å²) in [6.07, 6.45) is 6.93. The lowest BCUT2D eigenvalue weighted by Gasteiger charge is -2.30. The Bertz CT molecular complexity index is 377. The molecule has 0 amide bonds. The highest BCUT2D eigenvalue weighted by molar-refractivity contribution is 6.18. The molecular weight excluding hydrogens is 260 g/mol. The highest BCUT2D eigenvalue weighted by Gasteiger charge is 2.23. The lowest BCUT2D eigenvalue weighted by molar-refractivity contribution is 0.249. The number of nitrogens with one attached hydrogen (secondary N) is 1. The quantitative estimate of drug-likeness (QED) is 0.817. The SMILES string of the molecule is CC(C)n1ncnc1CNCC1CCCCC1CCl. The molecule has 2 unspecified atom stereocenters. The second kappa shape index (κ2) is 7.25. The van der Waals surface area contributed by atoms with Crippen molar-refractivity contribution in [3.8, 4) is 0 Å². The van der Waals surface area contributed by atoms with Crippen LogP contribution in [-0.2, 0) is 6.54 Å². The maximum absolute atomic E-state index is 6.07. The van der Waals surface area contributed by atoms with Gasteiger partial charge in [0.2, 0.25) is 0 Å². The van der Waals surface area contributed by atoms with Crippen LogP contribution >= 0.6 is 11.6 Å². The van der Waals surface area contributed by atoms with Gasteiger partial charge in [-0.3, -0.25) is 0 Å². The van der Waals surface area contributed by atoms with Gasteiger partial charge >= 0.3 is 0 Å². The lowest BCUT2D eigenvalue weighted by atomic mass is 9.80. The molecule has 1 aromatic heterocycles. The van der Waals surface area contributed by atoms with Crippen LogP contribution in [0, 0.1) is 11.8 Å². The number of halogens is 1. The number of nitrogens with zero attached hydrogens (tertiary/aromatic N) is 3. The van der Waals surface area contributed by atoms with E-state index in [4.69, 9.17) is 11.6 Å². The van der Waals surface area contributed by atoms with Gasteiger partial charge in [-0.05, 0) is 45.1 Å². The molecule has 1 heterocycles. The van der Waals surface area contributed by atoms with E-state index in [1.54, 1.807) is 6.33 Å². The van der Waals surface area contributed by atoms with Crippen molar-refractivity contribution < 1.29 is 0 Å². The van der Waals surface area contributed by atoms with E-state index >= 15 is 0 Å². The van der Waals surface area contributed by atoms with Crippen molar-refractivity contribution in [3.05, 3.63) is 12.2 Å².